The van der Waals surface area contributed by atoms with Gasteiger partial charge in [0, 0.05) is 0 Å². The molecule has 0 radical (unpaired) electrons. The summed E-state index contributed by atoms with van der Waals surface area (Å²) in [6.45, 7) is 11.8. The number of benzene rings is 2. The Morgan fingerprint density at radius 2 is 1.33 bits per heavy atom. The van der Waals surface area contributed by atoms with Crippen molar-refractivity contribution in [2.24, 2.45) is 0 Å². The predicted molar refractivity (Wildman–Crippen MR) is 151 cm³/mol. The van der Waals surface area contributed by atoms with Crippen LogP contribution in [0.25, 0.3) is 0 Å². The maximum atomic E-state index is 2.62. The van der Waals surface area contributed by atoms with Crippen molar-refractivity contribution in [3.8, 4) is 0 Å². The van der Waals surface area contributed by atoms with Gasteiger partial charge in [0.05, 0.1) is 0 Å². The molecule has 1 aliphatic carbocycles. The van der Waals surface area contributed by atoms with Gasteiger partial charge in [-0.3, -0.25) is 0 Å². The maximum Gasteiger partial charge on any atom is -0.0129 e. The highest BCUT2D eigenvalue weighted by atomic mass is 31.1. The first kappa shape index (κ1) is 26.5. The summed E-state index contributed by atoms with van der Waals surface area (Å²) >= 11 is 0. The summed E-state index contributed by atoms with van der Waals surface area (Å²) < 4.78 is 0. The molecule has 0 aliphatic heterocycles. The quantitative estimate of drug-likeness (QED) is 0.275. The smallest absolute Gasteiger partial charge is 0.0129 e. The van der Waals surface area contributed by atoms with E-state index in [1.54, 1.807) is 32.9 Å². The Hall–Kier alpha value is -1.13. The lowest BCUT2D eigenvalue weighted by Crippen LogP contribution is -2.28. The van der Waals surface area contributed by atoms with Gasteiger partial charge in [0.2, 0.25) is 0 Å². The minimum atomic E-state index is -0.300. The second kappa shape index (κ2) is 13.7. The van der Waals surface area contributed by atoms with Gasteiger partial charge in [0.15, 0.2) is 0 Å². The Balaban J connectivity index is 2.19. The van der Waals surface area contributed by atoms with Crippen LogP contribution in [0.5, 0.6) is 0 Å². The lowest BCUT2D eigenvalue weighted by atomic mass is 9.91. The van der Waals surface area contributed by atoms with Crippen molar-refractivity contribution in [1.82, 2.24) is 0 Å². The van der Waals surface area contributed by atoms with Crippen LogP contribution in [0.3, 0.4) is 0 Å². The van der Waals surface area contributed by atoms with Gasteiger partial charge < -0.3 is 0 Å². The molecule has 0 amide bonds. The van der Waals surface area contributed by atoms with Crippen molar-refractivity contribution in [2.75, 3.05) is 0 Å². The average molecular weight is 465 g/mol. The molecule has 0 saturated heterocycles. The molecular formula is C32H49P. The van der Waals surface area contributed by atoms with Crippen LogP contribution in [0.1, 0.15) is 119 Å². The molecule has 0 bridgehead atoms. The van der Waals surface area contributed by atoms with E-state index < -0.39 is 0 Å². The summed E-state index contributed by atoms with van der Waals surface area (Å²) in [4.78, 5) is 0. The SMILES string of the molecule is CCCCc1ccc(P(c2cccc(C)c2C)C2CCCCC2)c(CCCC)c1CCCC. The fourth-order valence-corrected chi connectivity index (χ4v) is 9.20. The molecule has 182 valence electrons. The molecule has 2 aromatic rings. The van der Waals surface area contributed by atoms with Gasteiger partial charge >= 0.3 is 0 Å². The molecule has 1 atom stereocenters. The van der Waals surface area contributed by atoms with Crippen molar-refractivity contribution in [3.63, 3.8) is 0 Å². The lowest BCUT2D eigenvalue weighted by Gasteiger charge is -2.35. The van der Waals surface area contributed by atoms with E-state index in [0.29, 0.717) is 0 Å². The Kier molecular flexibility index (Phi) is 11.0. The highest BCUT2D eigenvalue weighted by Crippen LogP contribution is 2.48. The number of hydrogen-bond acceptors (Lipinski definition) is 0. The lowest BCUT2D eigenvalue weighted by molar-refractivity contribution is 0.513. The van der Waals surface area contributed by atoms with Crippen molar-refractivity contribution in [3.05, 3.63) is 58.1 Å². The second-order valence-corrected chi connectivity index (χ2v) is 12.8. The van der Waals surface area contributed by atoms with Crippen LogP contribution in [-0.2, 0) is 19.3 Å². The average Bonchev–Trinajstić information content (AvgIpc) is 2.84. The molecule has 1 saturated carbocycles. The van der Waals surface area contributed by atoms with Gasteiger partial charge in [0.1, 0.15) is 0 Å². The van der Waals surface area contributed by atoms with Crippen molar-refractivity contribution in [2.45, 2.75) is 130 Å². The van der Waals surface area contributed by atoms with E-state index in [9.17, 15) is 0 Å². The van der Waals surface area contributed by atoms with Gasteiger partial charge in [-0.15, -0.1) is 0 Å². The standard InChI is InChI=1S/C32H49P/c1-6-9-17-27-23-24-32(30(21-11-8-3)29(27)20-10-7-2)33(28-18-13-12-14-19-28)31-22-15-16-25(4)26(31)5/h15-16,22-24,28H,6-14,17-21H2,1-5H3. The molecule has 1 fully saturated rings. The number of unbranched alkanes of at least 4 members (excludes halogenated alkanes) is 3. The van der Waals surface area contributed by atoms with Crippen molar-refractivity contribution < 1.29 is 0 Å². The fraction of sp³-hybridized carbons (Fsp3) is 0.625. The summed E-state index contributed by atoms with van der Waals surface area (Å²) in [5, 5.41) is 3.43. The molecule has 0 N–H and O–H groups in total. The van der Waals surface area contributed by atoms with Crippen LogP contribution in [0.15, 0.2) is 30.3 Å². The minimum Gasteiger partial charge on any atom is -0.0654 e. The van der Waals surface area contributed by atoms with E-state index in [1.165, 1.54) is 95.5 Å². The molecule has 1 unspecified atom stereocenters. The summed E-state index contributed by atoms with van der Waals surface area (Å²) in [6, 6.07) is 12.3. The molecule has 0 spiro atoms. The van der Waals surface area contributed by atoms with Crippen LogP contribution in [0.4, 0.5) is 0 Å². The largest absolute Gasteiger partial charge is 0.0654 e. The zero-order chi connectivity index (χ0) is 23.6. The molecule has 2 aromatic carbocycles. The van der Waals surface area contributed by atoms with E-state index in [-0.39, 0.29) is 7.92 Å². The van der Waals surface area contributed by atoms with E-state index in [4.69, 9.17) is 0 Å². The summed E-state index contributed by atoms with van der Waals surface area (Å²) in [5.74, 6) is 0. The molecule has 33 heavy (non-hydrogen) atoms. The Morgan fingerprint density at radius 1 is 0.697 bits per heavy atom. The first-order chi connectivity index (χ1) is 16.1. The predicted octanol–water partition coefficient (Wildman–Crippen LogP) is 9.10. The molecule has 1 aliphatic rings. The van der Waals surface area contributed by atoms with E-state index in [2.05, 4.69) is 65.0 Å². The van der Waals surface area contributed by atoms with Crippen LogP contribution < -0.4 is 10.6 Å². The molecule has 0 aromatic heterocycles. The fourth-order valence-electron chi connectivity index (χ4n) is 5.71. The van der Waals surface area contributed by atoms with Crippen molar-refractivity contribution >= 4 is 18.5 Å². The first-order valence-corrected chi connectivity index (χ1v) is 15.5. The molecule has 1 heteroatoms. The zero-order valence-electron chi connectivity index (χ0n) is 22.3. The van der Waals surface area contributed by atoms with E-state index >= 15 is 0 Å². The third-order valence-electron chi connectivity index (χ3n) is 7.90. The summed E-state index contributed by atoms with van der Waals surface area (Å²) in [6.07, 6.45) is 18.8. The van der Waals surface area contributed by atoms with E-state index in [0.717, 1.165) is 5.66 Å². The third-order valence-corrected chi connectivity index (χ3v) is 11.1. The Bertz CT molecular complexity index is 859. The van der Waals surface area contributed by atoms with Crippen LogP contribution in [-0.4, -0.2) is 5.66 Å². The van der Waals surface area contributed by atoms with Crippen LogP contribution in [0.2, 0.25) is 0 Å². The number of hydrogen-bond donors (Lipinski definition) is 0. The second-order valence-electron chi connectivity index (χ2n) is 10.4. The van der Waals surface area contributed by atoms with Gasteiger partial charge in [-0.25, -0.2) is 0 Å². The normalized spacial score (nSPS) is 15.7. The Labute approximate surface area is 206 Å². The van der Waals surface area contributed by atoms with Gasteiger partial charge in [0.25, 0.3) is 0 Å². The van der Waals surface area contributed by atoms with Crippen LogP contribution >= 0.6 is 7.92 Å². The van der Waals surface area contributed by atoms with Crippen molar-refractivity contribution in [1.29, 1.82) is 0 Å². The zero-order valence-corrected chi connectivity index (χ0v) is 23.2. The Morgan fingerprint density at radius 3 is 2.00 bits per heavy atom. The monoisotopic (exact) mass is 464 g/mol. The third kappa shape index (κ3) is 6.72. The molecular weight excluding hydrogens is 415 g/mol. The van der Waals surface area contributed by atoms with Gasteiger partial charge in [-0.2, -0.15) is 0 Å². The highest BCUT2D eigenvalue weighted by Gasteiger charge is 2.30. The molecule has 3 rings (SSSR count). The molecule has 0 heterocycles. The van der Waals surface area contributed by atoms with Crippen LogP contribution in [0, 0.1) is 13.8 Å². The number of rotatable bonds is 12. The summed E-state index contributed by atoms with van der Waals surface area (Å²) in [5.41, 5.74) is 9.08. The topological polar surface area (TPSA) is 0 Å². The minimum absolute atomic E-state index is 0.300. The highest BCUT2D eigenvalue weighted by molar-refractivity contribution is 7.73. The first-order valence-electron chi connectivity index (χ1n) is 14.1. The van der Waals surface area contributed by atoms with Gasteiger partial charge in [-0.1, -0.05) is 89.6 Å². The van der Waals surface area contributed by atoms with Gasteiger partial charge in [-0.05, 0) is 117 Å². The number of aryl methyl sites for hydroxylation is 2. The molecule has 0 nitrogen and oxygen atoms in total. The maximum absolute atomic E-state index is 2.62. The summed E-state index contributed by atoms with van der Waals surface area (Å²) in [7, 11) is -0.300. The van der Waals surface area contributed by atoms with E-state index in [1.807, 2.05) is 0 Å².